The van der Waals surface area contributed by atoms with Gasteiger partial charge in [0.2, 0.25) is 5.91 Å². The molecule has 112 valence electrons. The summed E-state index contributed by atoms with van der Waals surface area (Å²) in [6.45, 7) is 6.11. The van der Waals surface area contributed by atoms with Gasteiger partial charge >= 0.3 is 0 Å². The van der Waals surface area contributed by atoms with Crippen LogP contribution in [0.3, 0.4) is 0 Å². The molecule has 0 saturated heterocycles. The second kappa shape index (κ2) is 6.93. The smallest absolute Gasteiger partial charge is 0.274 e. The zero-order chi connectivity index (χ0) is 15.3. The van der Waals surface area contributed by atoms with Gasteiger partial charge in [0, 0.05) is 13.6 Å². The molecule has 0 aromatic carbocycles. The number of rotatable bonds is 6. The highest BCUT2D eigenvalue weighted by molar-refractivity contribution is 6.00. The summed E-state index contributed by atoms with van der Waals surface area (Å²) < 4.78 is 0. The lowest BCUT2D eigenvalue weighted by Gasteiger charge is -2.20. The number of nitrogens with one attached hydrogen (secondary N) is 2. The number of anilines is 1. The van der Waals surface area contributed by atoms with Gasteiger partial charge in [-0.15, -0.1) is 0 Å². The fraction of sp³-hybridized carbons (Fsp3) is 0.615. The van der Waals surface area contributed by atoms with E-state index in [1.165, 1.54) is 0 Å². The maximum atomic E-state index is 12.1. The van der Waals surface area contributed by atoms with Crippen LogP contribution in [0, 0.1) is 0 Å². The number of H-pyrrole nitrogens is 1. The standard InChI is InChI=1S/C13H23N5O2/c1-5-7-9-10(14)11(17-16-9)12(19)15-8(3)13(20)18(4)6-2/h8H,5-7,14H2,1-4H3,(H,15,19)(H,16,17). The SMILES string of the molecule is CCCc1[nH]nc(C(=O)NC(C)C(=O)N(C)CC)c1N. The first kappa shape index (κ1) is 16.0. The zero-order valence-corrected chi connectivity index (χ0v) is 12.5. The van der Waals surface area contributed by atoms with Gasteiger partial charge in [-0.25, -0.2) is 0 Å². The quantitative estimate of drug-likeness (QED) is 0.708. The van der Waals surface area contributed by atoms with Crippen molar-refractivity contribution < 1.29 is 9.59 Å². The van der Waals surface area contributed by atoms with Crippen LogP contribution in [0.1, 0.15) is 43.4 Å². The first-order valence-corrected chi connectivity index (χ1v) is 6.80. The van der Waals surface area contributed by atoms with Crippen LogP contribution in [0.5, 0.6) is 0 Å². The molecule has 1 atom stereocenters. The molecule has 0 fully saturated rings. The second-order valence-corrected chi connectivity index (χ2v) is 4.76. The molecule has 1 aromatic heterocycles. The Labute approximate surface area is 118 Å². The van der Waals surface area contributed by atoms with Crippen LogP contribution in [-0.4, -0.2) is 46.5 Å². The van der Waals surface area contributed by atoms with E-state index >= 15 is 0 Å². The summed E-state index contributed by atoms with van der Waals surface area (Å²) in [5.41, 5.74) is 7.13. The molecule has 0 aliphatic carbocycles. The number of nitrogens with two attached hydrogens (primary N) is 1. The Balaban J connectivity index is 2.74. The Morgan fingerprint density at radius 1 is 1.45 bits per heavy atom. The van der Waals surface area contributed by atoms with Crippen molar-refractivity contribution in [3.05, 3.63) is 11.4 Å². The minimum absolute atomic E-state index is 0.146. The molecule has 7 heteroatoms. The van der Waals surface area contributed by atoms with Gasteiger partial charge in [0.1, 0.15) is 6.04 Å². The molecular formula is C13H23N5O2. The van der Waals surface area contributed by atoms with Crippen molar-refractivity contribution in [2.24, 2.45) is 0 Å². The lowest BCUT2D eigenvalue weighted by molar-refractivity contribution is -0.131. The summed E-state index contributed by atoms with van der Waals surface area (Å²) in [7, 11) is 1.69. The summed E-state index contributed by atoms with van der Waals surface area (Å²) in [4.78, 5) is 25.5. The van der Waals surface area contributed by atoms with E-state index < -0.39 is 11.9 Å². The third-order valence-electron chi connectivity index (χ3n) is 3.17. The Morgan fingerprint density at radius 3 is 2.65 bits per heavy atom. The van der Waals surface area contributed by atoms with E-state index in [0.29, 0.717) is 12.2 Å². The summed E-state index contributed by atoms with van der Waals surface area (Å²) in [5, 5.41) is 9.30. The van der Waals surface area contributed by atoms with Crippen molar-refractivity contribution in [3.63, 3.8) is 0 Å². The third kappa shape index (κ3) is 3.49. The van der Waals surface area contributed by atoms with Crippen molar-refractivity contribution in [3.8, 4) is 0 Å². The highest BCUT2D eigenvalue weighted by Gasteiger charge is 2.22. The number of likely N-dealkylation sites (N-methyl/N-ethyl adjacent to an activating group) is 1. The Kier molecular flexibility index (Phi) is 5.54. The molecule has 4 N–H and O–H groups in total. The molecule has 1 heterocycles. The normalized spacial score (nSPS) is 12.0. The number of hydrogen-bond acceptors (Lipinski definition) is 4. The van der Waals surface area contributed by atoms with Crippen molar-refractivity contribution in [2.45, 2.75) is 39.7 Å². The fourth-order valence-corrected chi connectivity index (χ4v) is 1.81. The minimum atomic E-state index is -0.613. The van der Waals surface area contributed by atoms with Crippen LogP contribution in [0.2, 0.25) is 0 Å². The van der Waals surface area contributed by atoms with E-state index in [1.54, 1.807) is 18.9 Å². The van der Waals surface area contributed by atoms with Gasteiger partial charge < -0.3 is 16.0 Å². The number of aryl methyl sites for hydroxylation is 1. The molecule has 1 aromatic rings. The number of aromatic nitrogens is 2. The van der Waals surface area contributed by atoms with Crippen molar-refractivity contribution in [2.75, 3.05) is 19.3 Å². The number of nitrogens with zero attached hydrogens (tertiary/aromatic N) is 2. The van der Waals surface area contributed by atoms with E-state index in [1.807, 2.05) is 13.8 Å². The maximum absolute atomic E-state index is 12.1. The first-order chi connectivity index (χ1) is 9.42. The van der Waals surface area contributed by atoms with Crippen LogP contribution in [0.4, 0.5) is 5.69 Å². The van der Waals surface area contributed by atoms with Gasteiger partial charge in [-0.05, 0) is 20.3 Å². The van der Waals surface area contributed by atoms with E-state index in [4.69, 9.17) is 5.73 Å². The highest BCUT2D eigenvalue weighted by atomic mass is 16.2. The average molecular weight is 281 g/mol. The van der Waals surface area contributed by atoms with Crippen molar-refractivity contribution in [1.82, 2.24) is 20.4 Å². The summed E-state index contributed by atoms with van der Waals surface area (Å²) in [6.07, 6.45) is 1.64. The molecule has 0 aliphatic rings. The highest BCUT2D eigenvalue weighted by Crippen LogP contribution is 2.15. The topological polar surface area (TPSA) is 104 Å². The van der Waals surface area contributed by atoms with Crippen LogP contribution in [-0.2, 0) is 11.2 Å². The molecule has 7 nitrogen and oxygen atoms in total. The Hall–Kier alpha value is -2.05. The fourth-order valence-electron chi connectivity index (χ4n) is 1.81. The van der Waals surface area contributed by atoms with Crippen LogP contribution >= 0.6 is 0 Å². The van der Waals surface area contributed by atoms with Gasteiger partial charge in [0.15, 0.2) is 5.69 Å². The second-order valence-electron chi connectivity index (χ2n) is 4.76. The number of aromatic amines is 1. The van der Waals surface area contributed by atoms with Crippen LogP contribution in [0.25, 0.3) is 0 Å². The van der Waals surface area contributed by atoms with Crippen molar-refractivity contribution >= 4 is 17.5 Å². The van der Waals surface area contributed by atoms with E-state index in [-0.39, 0.29) is 11.6 Å². The predicted molar refractivity (Wildman–Crippen MR) is 77.2 cm³/mol. The number of nitrogen functional groups attached to an aromatic ring is 1. The number of carbonyl (C=O) groups is 2. The Morgan fingerprint density at radius 2 is 2.10 bits per heavy atom. The van der Waals surface area contributed by atoms with E-state index in [2.05, 4.69) is 15.5 Å². The molecule has 0 bridgehead atoms. The number of carbonyl (C=O) groups excluding carboxylic acids is 2. The largest absolute Gasteiger partial charge is 0.395 e. The third-order valence-corrected chi connectivity index (χ3v) is 3.17. The van der Waals surface area contributed by atoms with Crippen molar-refractivity contribution in [1.29, 1.82) is 0 Å². The molecule has 0 saturated carbocycles. The first-order valence-electron chi connectivity index (χ1n) is 6.80. The predicted octanol–water partition coefficient (Wildman–Crippen LogP) is 0.541. The van der Waals surface area contributed by atoms with E-state index in [9.17, 15) is 9.59 Å². The lowest BCUT2D eigenvalue weighted by Crippen LogP contribution is -2.45. The van der Waals surface area contributed by atoms with Gasteiger partial charge in [-0.2, -0.15) is 5.10 Å². The van der Waals surface area contributed by atoms with E-state index in [0.717, 1.165) is 18.5 Å². The molecule has 1 unspecified atom stereocenters. The average Bonchev–Trinajstić information content (AvgIpc) is 2.79. The summed E-state index contributed by atoms with van der Waals surface area (Å²) in [6, 6.07) is -0.613. The number of amides is 2. The molecule has 2 amide bonds. The summed E-state index contributed by atoms with van der Waals surface area (Å²) >= 11 is 0. The monoisotopic (exact) mass is 281 g/mol. The Bertz CT molecular complexity index is 483. The van der Waals surface area contributed by atoms with Gasteiger partial charge in [-0.3, -0.25) is 14.7 Å². The van der Waals surface area contributed by atoms with Gasteiger partial charge in [0.25, 0.3) is 5.91 Å². The van der Waals surface area contributed by atoms with Crippen LogP contribution < -0.4 is 11.1 Å². The molecular weight excluding hydrogens is 258 g/mol. The summed E-state index contributed by atoms with van der Waals surface area (Å²) in [5.74, 6) is -0.588. The number of hydrogen-bond donors (Lipinski definition) is 3. The molecule has 0 radical (unpaired) electrons. The van der Waals surface area contributed by atoms with Gasteiger partial charge in [0.05, 0.1) is 11.4 Å². The van der Waals surface area contributed by atoms with Gasteiger partial charge in [-0.1, -0.05) is 13.3 Å². The zero-order valence-electron chi connectivity index (χ0n) is 12.5. The van der Waals surface area contributed by atoms with Crippen LogP contribution in [0.15, 0.2) is 0 Å². The minimum Gasteiger partial charge on any atom is -0.395 e. The lowest BCUT2D eigenvalue weighted by atomic mass is 10.2. The molecule has 0 spiro atoms. The molecule has 1 rings (SSSR count). The molecule has 0 aliphatic heterocycles. The molecule has 20 heavy (non-hydrogen) atoms. The maximum Gasteiger partial charge on any atom is 0.274 e.